The van der Waals surface area contributed by atoms with Crippen molar-refractivity contribution in [3.63, 3.8) is 0 Å². The highest BCUT2D eigenvalue weighted by atomic mass is 79.9. The van der Waals surface area contributed by atoms with Crippen LogP contribution in [0.3, 0.4) is 0 Å². The third-order valence-corrected chi connectivity index (χ3v) is 4.27. The summed E-state index contributed by atoms with van der Waals surface area (Å²) >= 11 is 7.99. The van der Waals surface area contributed by atoms with Crippen molar-refractivity contribution in [2.75, 3.05) is 0 Å². The predicted octanol–water partition coefficient (Wildman–Crippen LogP) is 4.25. The molecule has 0 bridgehead atoms. The van der Waals surface area contributed by atoms with Crippen molar-refractivity contribution in [3.8, 4) is 11.4 Å². The Hall–Kier alpha value is -1.33. The molecule has 102 valence electrons. The fraction of sp³-hybridized carbons (Fsp3) is 0.200. The molecule has 0 aliphatic carbocycles. The number of benzene rings is 1. The van der Waals surface area contributed by atoms with Gasteiger partial charge in [-0.25, -0.2) is 9.97 Å². The van der Waals surface area contributed by atoms with Gasteiger partial charge >= 0.3 is 0 Å². The summed E-state index contributed by atoms with van der Waals surface area (Å²) in [5.41, 5.74) is 4.11. The molecular formula is C15H14BrN3S. The van der Waals surface area contributed by atoms with E-state index in [0.29, 0.717) is 0 Å². The van der Waals surface area contributed by atoms with Gasteiger partial charge in [0.25, 0.3) is 0 Å². The lowest BCUT2D eigenvalue weighted by molar-refractivity contribution is 0.934. The first kappa shape index (κ1) is 13.6. The van der Waals surface area contributed by atoms with Gasteiger partial charge in [0.15, 0.2) is 5.65 Å². The van der Waals surface area contributed by atoms with Crippen molar-refractivity contribution in [3.05, 3.63) is 40.5 Å². The van der Waals surface area contributed by atoms with Gasteiger partial charge in [0.2, 0.25) is 0 Å². The molecule has 0 fully saturated rings. The van der Waals surface area contributed by atoms with Gasteiger partial charge < -0.3 is 4.57 Å². The number of aryl methyl sites for hydroxylation is 1. The Kier molecular flexibility index (Phi) is 3.56. The first-order valence-electron chi connectivity index (χ1n) is 6.41. The molecule has 1 aromatic carbocycles. The third kappa shape index (κ3) is 2.15. The predicted molar refractivity (Wildman–Crippen MR) is 88.3 cm³/mol. The number of thiol groups is 1. The molecule has 0 saturated heterocycles. The van der Waals surface area contributed by atoms with Crippen LogP contribution in [0.1, 0.15) is 12.5 Å². The number of fused-ring (bicyclic) bond motifs is 1. The molecule has 2 heterocycles. The van der Waals surface area contributed by atoms with Crippen LogP contribution in [0.2, 0.25) is 0 Å². The maximum absolute atomic E-state index is 4.73. The van der Waals surface area contributed by atoms with Crippen LogP contribution >= 0.6 is 28.6 Å². The summed E-state index contributed by atoms with van der Waals surface area (Å²) in [6, 6.07) is 8.11. The number of hydrogen-bond donors (Lipinski definition) is 1. The van der Waals surface area contributed by atoms with Crippen LogP contribution in [0.25, 0.3) is 22.6 Å². The monoisotopic (exact) mass is 347 g/mol. The quantitative estimate of drug-likeness (QED) is 0.702. The van der Waals surface area contributed by atoms with Gasteiger partial charge in [-0.2, -0.15) is 0 Å². The molecule has 20 heavy (non-hydrogen) atoms. The zero-order valence-corrected chi connectivity index (χ0v) is 13.7. The van der Waals surface area contributed by atoms with Crippen molar-refractivity contribution in [2.24, 2.45) is 7.05 Å². The van der Waals surface area contributed by atoms with Crippen LogP contribution in [-0.2, 0) is 13.5 Å². The Balaban J connectivity index is 2.30. The lowest BCUT2D eigenvalue weighted by atomic mass is 10.0. The van der Waals surface area contributed by atoms with E-state index in [0.717, 1.165) is 38.3 Å². The minimum atomic E-state index is 0.884. The topological polar surface area (TPSA) is 30.7 Å². The molecule has 0 radical (unpaired) electrons. The van der Waals surface area contributed by atoms with Gasteiger partial charge in [0.05, 0.1) is 0 Å². The second-order valence-corrected chi connectivity index (χ2v) is 6.04. The number of rotatable bonds is 2. The smallest absolute Gasteiger partial charge is 0.160 e. The summed E-state index contributed by atoms with van der Waals surface area (Å²) < 4.78 is 2.97. The van der Waals surface area contributed by atoms with Crippen LogP contribution < -0.4 is 0 Å². The summed E-state index contributed by atoms with van der Waals surface area (Å²) in [6.07, 6.45) is 2.72. The molecule has 0 amide bonds. The maximum Gasteiger partial charge on any atom is 0.160 e. The Morgan fingerprint density at radius 1 is 1.35 bits per heavy atom. The molecule has 0 N–H and O–H groups in total. The van der Waals surface area contributed by atoms with Crippen molar-refractivity contribution >= 4 is 39.7 Å². The average molecular weight is 348 g/mol. The second kappa shape index (κ2) is 5.22. The normalized spacial score (nSPS) is 11.2. The molecule has 5 heteroatoms. The van der Waals surface area contributed by atoms with Gasteiger partial charge in [0.1, 0.15) is 11.3 Å². The molecule has 2 aromatic heterocycles. The van der Waals surface area contributed by atoms with E-state index < -0.39 is 0 Å². The second-order valence-electron chi connectivity index (χ2n) is 4.65. The van der Waals surface area contributed by atoms with E-state index in [1.54, 1.807) is 6.20 Å². The number of aromatic nitrogens is 3. The van der Waals surface area contributed by atoms with Crippen molar-refractivity contribution in [1.82, 2.24) is 14.5 Å². The number of hydrogen-bond acceptors (Lipinski definition) is 3. The molecule has 0 unspecified atom stereocenters. The van der Waals surface area contributed by atoms with E-state index in [-0.39, 0.29) is 0 Å². The summed E-state index contributed by atoms with van der Waals surface area (Å²) in [5, 5.41) is 0. The molecule has 0 atom stereocenters. The van der Waals surface area contributed by atoms with Crippen LogP contribution in [0, 0.1) is 0 Å². The summed E-state index contributed by atoms with van der Waals surface area (Å²) in [6.45, 7) is 2.13. The standard InChI is InChI=1S/C15H14BrN3S/c1-3-10-11(5-4-6-13(10)20)14-18-12-7-9(16)8-17-15(12)19(14)2/h4-8,20H,3H2,1-2H3. The maximum atomic E-state index is 4.73. The van der Waals surface area contributed by atoms with E-state index in [1.165, 1.54) is 5.56 Å². The van der Waals surface area contributed by atoms with E-state index in [9.17, 15) is 0 Å². The van der Waals surface area contributed by atoms with Gasteiger partial charge in [-0.15, -0.1) is 12.6 Å². The average Bonchev–Trinajstić information content (AvgIpc) is 2.75. The number of pyridine rings is 1. The Morgan fingerprint density at radius 3 is 2.90 bits per heavy atom. The van der Waals surface area contributed by atoms with Crippen LogP contribution in [0.5, 0.6) is 0 Å². The molecule has 3 aromatic rings. The Labute approximate surface area is 131 Å². The number of halogens is 1. The minimum absolute atomic E-state index is 0.884. The largest absolute Gasteiger partial charge is 0.312 e. The van der Waals surface area contributed by atoms with Crippen LogP contribution in [0.15, 0.2) is 39.8 Å². The van der Waals surface area contributed by atoms with Crippen molar-refractivity contribution in [1.29, 1.82) is 0 Å². The summed E-state index contributed by atoms with van der Waals surface area (Å²) in [4.78, 5) is 10.2. The Morgan fingerprint density at radius 2 is 2.15 bits per heavy atom. The molecule has 3 rings (SSSR count). The zero-order valence-electron chi connectivity index (χ0n) is 11.3. The number of nitrogens with zero attached hydrogens (tertiary/aromatic N) is 3. The molecule has 0 saturated carbocycles. The van der Waals surface area contributed by atoms with Gasteiger partial charge in [-0.05, 0) is 40.0 Å². The third-order valence-electron chi connectivity index (χ3n) is 3.42. The fourth-order valence-electron chi connectivity index (χ4n) is 2.45. The highest BCUT2D eigenvalue weighted by Crippen LogP contribution is 2.30. The van der Waals surface area contributed by atoms with Gasteiger partial charge in [0, 0.05) is 28.2 Å². The SMILES string of the molecule is CCc1c(S)cccc1-c1nc2cc(Br)cnc2n1C. The highest BCUT2D eigenvalue weighted by Gasteiger charge is 2.14. The molecule has 0 aliphatic rings. The first-order valence-corrected chi connectivity index (χ1v) is 7.65. The van der Waals surface area contributed by atoms with Crippen LogP contribution in [-0.4, -0.2) is 14.5 Å². The molecule has 0 spiro atoms. The molecular weight excluding hydrogens is 334 g/mol. The number of imidazole rings is 1. The lowest BCUT2D eigenvalue weighted by Gasteiger charge is -2.10. The van der Waals surface area contributed by atoms with E-state index in [2.05, 4.69) is 46.5 Å². The van der Waals surface area contributed by atoms with E-state index >= 15 is 0 Å². The lowest BCUT2D eigenvalue weighted by Crippen LogP contribution is -1.97. The van der Waals surface area contributed by atoms with E-state index in [4.69, 9.17) is 4.98 Å². The Bertz CT molecular complexity index is 795. The van der Waals surface area contributed by atoms with E-state index in [1.807, 2.05) is 29.8 Å². The summed E-state index contributed by atoms with van der Waals surface area (Å²) in [7, 11) is 2.00. The van der Waals surface area contributed by atoms with Crippen molar-refractivity contribution < 1.29 is 0 Å². The van der Waals surface area contributed by atoms with Crippen molar-refractivity contribution in [2.45, 2.75) is 18.2 Å². The fourth-order valence-corrected chi connectivity index (χ4v) is 3.13. The van der Waals surface area contributed by atoms with Gasteiger partial charge in [-0.1, -0.05) is 19.1 Å². The van der Waals surface area contributed by atoms with Gasteiger partial charge in [-0.3, -0.25) is 0 Å². The molecule has 3 nitrogen and oxygen atoms in total. The molecule has 0 aliphatic heterocycles. The summed E-state index contributed by atoms with van der Waals surface area (Å²) in [5.74, 6) is 0.929. The zero-order chi connectivity index (χ0) is 14.3. The first-order chi connectivity index (χ1) is 9.61. The minimum Gasteiger partial charge on any atom is -0.312 e. The highest BCUT2D eigenvalue weighted by molar-refractivity contribution is 9.10. The van der Waals surface area contributed by atoms with Crippen LogP contribution in [0.4, 0.5) is 0 Å².